The van der Waals surface area contributed by atoms with E-state index < -0.39 is 8.07 Å². The van der Waals surface area contributed by atoms with E-state index in [2.05, 4.69) is 252 Å². The minimum atomic E-state index is -3.03. The molecule has 0 aliphatic rings. The summed E-state index contributed by atoms with van der Waals surface area (Å²) in [4.78, 5) is 0. The van der Waals surface area contributed by atoms with Crippen LogP contribution in [-0.2, 0) is 0 Å². The van der Waals surface area contributed by atoms with E-state index in [0.29, 0.717) is 0 Å². The molecule has 0 amide bonds. The molecule has 2 nitrogen and oxygen atoms in total. The number of benzene rings is 10. The van der Waals surface area contributed by atoms with E-state index in [1.807, 2.05) is 11.3 Å². The van der Waals surface area contributed by atoms with Crippen LogP contribution in [0.4, 0.5) is 0 Å². The standard InChI is InChI=1S/C60H40N2SSi/c1-3-17-41(18-4-1)42-33-36-46(37-34-42)64(45-20-5-2-6-21-45,59-32-16-27-52-51-26-10-14-31-58(51)63-60(52)59)47-22-15-19-43(39-47)61-56-30-13-9-25-50(56)53-40-44(35-38-57(53)61)62-54-28-11-7-23-48(54)49-24-8-12-29-55(49)62/h1-40H. The molecule has 0 aliphatic heterocycles. The minimum absolute atomic E-state index is 1.16. The van der Waals surface area contributed by atoms with Crippen LogP contribution in [-0.4, -0.2) is 17.2 Å². The Bertz CT molecular complexity index is 3850. The van der Waals surface area contributed by atoms with Crippen molar-refractivity contribution in [2.45, 2.75) is 0 Å². The number of aromatic nitrogens is 2. The van der Waals surface area contributed by atoms with Crippen LogP contribution in [0.1, 0.15) is 0 Å². The predicted molar refractivity (Wildman–Crippen MR) is 277 cm³/mol. The highest BCUT2D eigenvalue weighted by molar-refractivity contribution is 7.30. The summed E-state index contributed by atoms with van der Waals surface area (Å²) in [6, 6.07) is 90.6. The molecule has 1 unspecified atom stereocenters. The number of para-hydroxylation sites is 3. The average molecular weight is 849 g/mol. The van der Waals surface area contributed by atoms with E-state index in [1.165, 1.54) is 95.7 Å². The smallest absolute Gasteiger partial charge is 0.181 e. The maximum atomic E-state index is 2.52. The molecule has 0 aliphatic carbocycles. The summed E-state index contributed by atoms with van der Waals surface area (Å²) in [5.41, 5.74) is 9.58. The quantitative estimate of drug-likeness (QED) is 0.112. The van der Waals surface area contributed by atoms with Crippen LogP contribution >= 0.6 is 11.3 Å². The number of thiophene rings is 1. The van der Waals surface area contributed by atoms with Crippen molar-refractivity contribution in [2.24, 2.45) is 0 Å². The van der Waals surface area contributed by atoms with Gasteiger partial charge in [0.05, 0.1) is 22.1 Å². The zero-order chi connectivity index (χ0) is 42.2. The van der Waals surface area contributed by atoms with Gasteiger partial charge in [0, 0.05) is 53.1 Å². The third kappa shape index (κ3) is 5.50. The molecule has 0 saturated carbocycles. The van der Waals surface area contributed by atoms with Crippen LogP contribution in [0.3, 0.4) is 0 Å². The first kappa shape index (κ1) is 36.9. The zero-order valence-electron chi connectivity index (χ0n) is 34.9. The Labute approximate surface area is 376 Å². The van der Waals surface area contributed by atoms with Gasteiger partial charge in [0.25, 0.3) is 0 Å². The van der Waals surface area contributed by atoms with Crippen LogP contribution in [0, 0.1) is 0 Å². The van der Waals surface area contributed by atoms with Gasteiger partial charge in [-0.2, -0.15) is 0 Å². The highest BCUT2D eigenvalue weighted by atomic mass is 32.1. The maximum Gasteiger partial charge on any atom is 0.181 e. The fraction of sp³-hybridized carbons (Fsp3) is 0. The molecule has 0 spiro atoms. The van der Waals surface area contributed by atoms with E-state index in [9.17, 15) is 0 Å². The molecule has 4 heteroatoms. The van der Waals surface area contributed by atoms with Gasteiger partial charge in [0.1, 0.15) is 0 Å². The molecular weight excluding hydrogens is 809 g/mol. The summed E-state index contributed by atoms with van der Waals surface area (Å²) in [7, 11) is -3.03. The average Bonchev–Trinajstić information content (AvgIpc) is 4.03. The van der Waals surface area contributed by atoms with Gasteiger partial charge in [-0.05, 0) is 86.5 Å². The van der Waals surface area contributed by atoms with Crippen LogP contribution < -0.4 is 20.7 Å². The van der Waals surface area contributed by atoms with Gasteiger partial charge in [-0.25, -0.2) is 0 Å². The monoisotopic (exact) mass is 848 g/mol. The van der Waals surface area contributed by atoms with Crippen molar-refractivity contribution < 1.29 is 0 Å². The van der Waals surface area contributed by atoms with Gasteiger partial charge in [-0.3, -0.25) is 0 Å². The van der Waals surface area contributed by atoms with Crippen molar-refractivity contribution >= 4 is 104 Å². The molecule has 13 aromatic rings. The van der Waals surface area contributed by atoms with Gasteiger partial charge in [0.15, 0.2) is 8.07 Å². The Morgan fingerprint density at radius 1 is 0.297 bits per heavy atom. The Balaban J connectivity index is 1.08. The number of fused-ring (bicyclic) bond motifs is 9. The molecule has 300 valence electrons. The summed E-state index contributed by atoms with van der Waals surface area (Å²) in [6.45, 7) is 0. The molecule has 0 saturated heterocycles. The molecule has 0 bridgehead atoms. The first-order valence-corrected chi connectivity index (χ1v) is 24.8. The Morgan fingerprint density at radius 3 is 1.47 bits per heavy atom. The SMILES string of the molecule is c1ccc(-c2ccc([Si](c3ccccc3)(c3cccc(-n4c5ccccc5c5cc(-n6c7ccccc7c7ccccc76)ccc54)c3)c3cccc4c3sc3ccccc34)cc2)cc1. The minimum Gasteiger partial charge on any atom is -0.309 e. The van der Waals surface area contributed by atoms with Crippen molar-refractivity contribution in [3.05, 3.63) is 243 Å². The summed E-state index contributed by atoms with van der Waals surface area (Å²) >= 11 is 1.93. The molecule has 13 rings (SSSR count). The van der Waals surface area contributed by atoms with E-state index in [0.717, 1.165) is 11.4 Å². The molecular formula is C60H40N2SSi. The molecule has 0 fully saturated rings. The molecule has 3 heterocycles. The Hall–Kier alpha value is -7.76. The van der Waals surface area contributed by atoms with Crippen LogP contribution in [0.2, 0.25) is 0 Å². The van der Waals surface area contributed by atoms with Gasteiger partial charge in [0.2, 0.25) is 0 Å². The molecule has 1 atom stereocenters. The first-order valence-electron chi connectivity index (χ1n) is 22.0. The third-order valence-electron chi connectivity index (χ3n) is 13.5. The van der Waals surface area contributed by atoms with E-state index >= 15 is 0 Å². The van der Waals surface area contributed by atoms with Crippen LogP contribution in [0.5, 0.6) is 0 Å². The molecule has 10 aromatic carbocycles. The van der Waals surface area contributed by atoms with Crippen molar-refractivity contribution in [3.63, 3.8) is 0 Å². The lowest BCUT2D eigenvalue weighted by molar-refractivity contribution is 1.17. The molecule has 0 N–H and O–H groups in total. The Kier molecular flexibility index (Phi) is 8.45. The van der Waals surface area contributed by atoms with Crippen LogP contribution in [0.25, 0.3) is 86.3 Å². The van der Waals surface area contributed by atoms with Crippen molar-refractivity contribution in [1.29, 1.82) is 0 Å². The highest BCUT2D eigenvalue weighted by Gasteiger charge is 2.43. The summed E-state index contributed by atoms with van der Waals surface area (Å²) in [5, 5.41) is 13.1. The number of hydrogen-bond donors (Lipinski definition) is 0. The Morgan fingerprint density at radius 2 is 0.781 bits per heavy atom. The van der Waals surface area contributed by atoms with Crippen molar-refractivity contribution in [1.82, 2.24) is 9.13 Å². The second kappa shape index (κ2) is 14.7. The normalized spacial score (nSPS) is 12.8. The van der Waals surface area contributed by atoms with Gasteiger partial charge >= 0.3 is 0 Å². The van der Waals surface area contributed by atoms with Gasteiger partial charge < -0.3 is 9.13 Å². The van der Waals surface area contributed by atoms with Crippen molar-refractivity contribution in [2.75, 3.05) is 0 Å². The summed E-state index contributed by atoms with van der Waals surface area (Å²) in [6.07, 6.45) is 0. The molecule has 0 radical (unpaired) electrons. The lowest BCUT2D eigenvalue weighted by Gasteiger charge is -2.35. The second-order valence-electron chi connectivity index (χ2n) is 16.8. The number of rotatable bonds is 7. The van der Waals surface area contributed by atoms with Crippen molar-refractivity contribution in [3.8, 4) is 22.5 Å². The van der Waals surface area contributed by atoms with Gasteiger partial charge in [-0.1, -0.05) is 188 Å². The topological polar surface area (TPSA) is 9.86 Å². The maximum absolute atomic E-state index is 3.03. The first-order chi connectivity index (χ1) is 31.8. The fourth-order valence-corrected chi connectivity index (χ4v) is 17.3. The van der Waals surface area contributed by atoms with E-state index in [4.69, 9.17) is 0 Å². The second-order valence-corrected chi connectivity index (χ2v) is 21.6. The fourth-order valence-electron chi connectivity index (χ4n) is 10.7. The van der Waals surface area contributed by atoms with Gasteiger partial charge in [-0.15, -0.1) is 11.3 Å². The summed E-state index contributed by atoms with van der Waals surface area (Å²) < 4.78 is 7.60. The van der Waals surface area contributed by atoms with Crippen LogP contribution in [0.15, 0.2) is 243 Å². The van der Waals surface area contributed by atoms with E-state index in [-0.39, 0.29) is 0 Å². The third-order valence-corrected chi connectivity index (χ3v) is 19.7. The number of nitrogens with zero attached hydrogens (tertiary/aromatic N) is 2. The highest BCUT2D eigenvalue weighted by Crippen LogP contribution is 2.38. The lowest BCUT2D eigenvalue weighted by atomic mass is 10.1. The van der Waals surface area contributed by atoms with E-state index in [1.54, 1.807) is 0 Å². The predicted octanol–water partition coefficient (Wildman–Crippen LogP) is 13.3. The molecule has 3 aromatic heterocycles. The lowest BCUT2D eigenvalue weighted by Crippen LogP contribution is -2.74. The largest absolute Gasteiger partial charge is 0.309 e. The summed E-state index contributed by atoms with van der Waals surface area (Å²) in [5.74, 6) is 0. The molecule has 64 heavy (non-hydrogen) atoms. The zero-order valence-corrected chi connectivity index (χ0v) is 36.7. The number of hydrogen-bond acceptors (Lipinski definition) is 1.